The molecule has 6 nitrogen and oxygen atoms in total. The summed E-state index contributed by atoms with van der Waals surface area (Å²) in [5.41, 5.74) is 0. The predicted octanol–water partition coefficient (Wildman–Crippen LogP) is -3.38. The molecule has 12 heavy (non-hydrogen) atoms. The number of hydrogen-bond donors (Lipinski definition) is 5. The van der Waals surface area contributed by atoms with Crippen molar-refractivity contribution in [1.29, 1.82) is 0 Å². The zero-order valence-electron chi connectivity index (χ0n) is 6.29. The number of ketones is 1. The number of aliphatic hydroxyl groups excluding tert-OH is 5. The van der Waals surface area contributed by atoms with Gasteiger partial charge in [0.1, 0.15) is 24.9 Å². The largest absolute Gasteiger partial charge is 0.394 e. The molecule has 0 saturated carbocycles. The molecule has 0 aliphatic carbocycles. The number of carbonyl (C=O) groups excluding carboxylic acids is 1. The highest BCUT2D eigenvalue weighted by molar-refractivity contribution is 5.84. The minimum atomic E-state index is -1.86. The van der Waals surface area contributed by atoms with Gasteiger partial charge in [0.05, 0.1) is 6.61 Å². The summed E-state index contributed by atoms with van der Waals surface area (Å²) in [5, 5.41) is 43.1. The molecule has 5 N–H and O–H groups in total. The average molecular weight is 186 g/mol. The number of aliphatic hydroxyl groups is 5. The van der Waals surface area contributed by atoms with E-state index in [2.05, 4.69) is 0 Å². The van der Waals surface area contributed by atoms with E-state index >= 15 is 0 Å². The van der Waals surface area contributed by atoms with Crippen LogP contribution in [0.1, 0.15) is 0 Å². The quantitative estimate of drug-likeness (QED) is 0.286. The van der Waals surface area contributed by atoms with E-state index in [0.29, 0.717) is 0 Å². The van der Waals surface area contributed by atoms with Crippen LogP contribution >= 0.6 is 0 Å². The first-order chi connectivity index (χ1) is 5.54. The lowest BCUT2D eigenvalue weighted by molar-refractivity contribution is -0.142. The standard InChI is InChI=1S/C6H12O6/c7-1-3(9)5(11)6(12)4(10)2-8/h3,5-9,11-12H,1-2H2/t3-,5-,6-/m1/s1/i1+1,2+1,3+1,4+1,5+1,6+1. The Balaban J connectivity index is 4.08. The fraction of sp³-hybridized carbons (Fsp3) is 0.833. The molecule has 0 heterocycles. The third-order valence-electron chi connectivity index (χ3n) is 1.39. The molecular formula is C6H12O6. The maximum absolute atomic E-state index is 10.5. The second kappa shape index (κ2) is 5.18. The van der Waals surface area contributed by atoms with Crippen LogP contribution in [0.25, 0.3) is 0 Å². The third-order valence-corrected chi connectivity index (χ3v) is 1.39. The van der Waals surface area contributed by atoms with E-state index < -0.39 is 37.3 Å². The van der Waals surface area contributed by atoms with Crippen molar-refractivity contribution < 1.29 is 30.3 Å². The van der Waals surface area contributed by atoms with Gasteiger partial charge in [0.25, 0.3) is 0 Å². The monoisotopic (exact) mass is 186 g/mol. The Morgan fingerprint density at radius 1 is 1.17 bits per heavy atom. The average Bonchev–Trinajstić information content (AvgIpc) is 2.12. The second-order valence-electron chi connectivity index (χ2n) is 2.31. The predicted molar refractivity (Wildman–Crippen MR) is 37.2 cm³/mol. The lowest BCUT2D eigenvalue weighted by Gasteiger charge is -2.19. The smallest absolute Gasteiger partial charge is 0.189 e. The molecule has 0 fully saturated rings. The summed E-state index contributed by atoms with van der Waals surface area (Å²) in [4.78, 5) is 10.5. The van der Waals surface area contributed by atoms with E-state index in [0.717, 1.165) is 0 Å². The molecule has 0 aromatic heterocycles. The van der Waals surface area contributed by atoms with E-state index in [1.54, 1.807) is 0 Å². The van der Waals surface area contributed by atoms with Crippen LogP contribution in [0.4, 0.5) is 0 Å². The molecule has 0 spiro atoms. The van der Waals surface area contributed by atoms with Crippen LogP contribution in [0.3, 0.4) is 0 Å². The van der Waals surface area contributed by atoms with Gasteiger partial charge in [-0.3, -0.25) is 4.79 Å². The summed E-state index contributed by atoms with van der Waals surface area (Å²) in [5.74, 6) is -1.00. The van der Waals surface area contributed by atoms with Crippen LogP contribution in [0, 0.1) is 0 Å². The number of carbonyl (C=O) groups is 1. The van der Waals surface area contributed by atoms with Gasteiger partial charge in [-0.05, 0) is 0 Å². The van der Waals surface area contributed by atoms with E-state index in [1.165, 1.54) is 0 Å². The van der Waals surface area contributed by atoms with Crippen molar-refractivity contribution in [1.82, 2.24) is 0 Å². The molecule has 0 unspecified atom stereocenters. The van der Waals surface area contributed by atoms with Crippen molar-refractivity contribution in [2.45, 2.75) is 18.3 Å². The molecule has 0 aliphatic rings. The minimum Gasteiger partial charge on any atom is -0.394 e. The normalized spacial score (nSPS) is 18.4. The molecular weight excluding hydrogens is 174 g/mol. The second-order valence-corrected chi connectivity index (χ2v) is 2.31. The summed E-state index contributed by atoms with van der Waals surface area (Å²) < 4.78 is 0. The molecule has 72 valence electrons. The van der Waals surface area contributed by atoms with Crippen molar-refractivity contribution in [2.24, 2.45) is 0 Å². The van der Waals surface area contributed by atoms with Crippen LogP contribution in [-0.2, 0) is 4.79 Å². The van der Waals surface area contributed by atoms with Crippen molar-refractivity contribution in [3.63, 3.8) is 0 Å². The first-order valence-electron chi connectivity index (χ1n) is 3.33. The van der Waals surface area contributed by atoms with Gasteiger partial charge in [0, 0.05) is 0 Å². The lowest BCUT2D eigenvalue weighted by Crippen LogP contribution is -2.44. The minimum absolute atomic E-state index is 0.767. The van der Waals surface area contributed by atoms with Gasteiger partial charge in [-0.15, -0.1) is 0 Å². The van der Waals surface area contributed by atoms with Crippen LogP contribution in [0.2, 0.25) is 0 Å². The Morgan fingerprint density at radius 2 is 1.67 bits per heavy atom. The summed E-state index contributed by atoms with van der Waals surface area (Å²) in [6.45, 7) is -1.69. The van der Waals surface area contributed by atoms with Crippen molar-refractivity contribution in [2.75, 3.05) is 13.2 Å². The van der Waals surface area contributed by atoms with Crippen molar-refractivity contribution in [3.8, 4) is 0 Å². The maximum Gasteiger partial charge on any atom is 0.189 e. The lowest BCUT2D eigenvalue weighted by atomic mass is 11.0. The van der Waals surface area contributed by atoms with Gasteiger partial charge in [0.15, 0.2) is 5.78 Å². The topological polar surface area (TPSA) is 118 Å². The van der Waals surface area contributed by atoms with Gasteiger partial charge < -0.3 is 25.5 Å². The zero-order chi connectivity index (χ0) is 9.72. The molecule has 0 aliphatic heterocycles. The van der Waals surface area contributed by atoms with E-state index in [1.807, 2.05) is 0 Å². The summed E-state index contributed by atoms with van der Waals surface area (Å²) in [7, 11) is 0. The molecule has 0 rings (SSSR count). The highest BCUT2D eigenvalue weighted by atomic mass is 16.6. The Labute approximate surface area is 68.7 Å². The summed E-state index contributed by atoms with van der Waals surface area (Å²) in [6, 6.07) is 0. The van der Waals surface area contributed by atoms with Crippen LogP contribution < -0.4 is 0 Å². The molecule has 6 heteroatoms. The SMILES string of the molecule is O=[13C]([13CH2]O)[13C@@H](O)[13C@H](O)[13C@H](O)[13CH2]O. The molecule has 0 saturated heterocycles. The zero-order valence-corrected chi connectivity index (χ0v) is 6.29. The molecule has 0 aromatic rings. The molecule has 0 bridgehead atoms. The van der Waals surface area contributed by atoms with Gasteiger partial charge >= 0.3 is 0 Å². The Morgan fingerprint density at radius 3 is 2.00 bits per heavy atom. The molecule has 0 aromatic carbocycles. The number of Topliss-reactive ketones (excluding diaryl/α,β-unsaturated/α-hetero) is 1. The van der Waals surface area contributed by atoms with E-state index in [4.69, 9.17) is 25.5 Å². The van der Waals surface area contributed by atoms with Gasteiger partial charge in [-0.1, -0.05) is 0 Å². The number of rotatable bonds is 5. The van der Waals surface area contributed by atoms with Crippen LogP contribution in [0.15, 0.2) is 0 Å². The van der Waals surface area contributed by atoms with E-state index in [9.17, 15) is 4.79 Å². The highest BCUT2D eigenvalue weighted by Gasteiger charge is 2.28. The maximum atomic E-state index is 10.5. The van der Waals surface area contributed by atoms with Crippen molar-refractivity contribution in [3.05, 3.63) is 0 Å². The van der Waals surface area contributed by atoms with Gasteiger partial charge in [0.2, 0.25) is 0 Å². The first kappa shape index (κ1) is 11.5. The Bertz CT molecular complexity index is 147. The van der Waals surface area contributed by atoms with Gasteiger partial charge in [-0.25, -0.2) is 0 Å². The summed E-state index contributed by atoms with van der Waals surface area (Å²) in [6.07, 6.45) is -5.22. The first-order valence-corrected chi connectivity index (χ1v) is 3.33. The Hall–Kier alpha value is -0.530. The molecule has 3 atom stereocenters. The van der Waals surface area contributed by atoms with Gasteiger partial charge in [-0.2, -0.15) is 0 Å². The number of hydrogen-bond acceptors (Lipinski definition) is 6. The fourth-order valence-corrected chi connectivity index (χ4v) is 0.602. The van der Waals surface area contributed by atoms with Crippen LogP contribution in [0.5, 0.6) is 0 Å². The Kier molecular flexibility index (Phi) is 4.95. The molecule has 0 amide bonds. The molecule has 0 radical (unpaired) electrons. The third kappa shape index (κ3) is 2.84. The van der Waals surface area contributed by atoms with E-state index in [-0.39, 0.29) is 0 Å². The fourth-order valence-electron chi connectivity index (χ4n) is 0.602. The van der Waals surface area contributed by atoms with Crippen LogP contribution in [-0.4, -0.2) is 62.8 Å². The highest BCUT2D eigenvalue weighted by Crippen LogP contribution is 2.00. The summed E-state index contributed by atoms with van der Waals surface area (Å²) >= 11 is 0. The van der Waals surface area contributed by atoms with Crippen molar-refractivity contribution >= 4 is 5.78 Å².